The summed E-state index contributed by atoms with van der Waals surface area (Å²) in [7, 11) is 0. The summed E-state index contributed by atoms with van der Waals surface area (Å²) >= 11 is 0. The van der Waals surface area contributed by atoms with Gasteiger partial charge in [0.15, 0.2) is 0 Å². The van der Waals surface area contributed by atoms with Crippen LogP contribution in [0.2, 0.25) is 0 Å². The number of benzene rings is 4. The van der Waals surface area contributed by atoms with Gasteiger partial charge in [0.1, 0.15) is 0 Å². The van der Waals surface area contributed by atoms with Crippen LogP contribution >= 0.6 is 0 Å². The molecule has 0 saturated heterocycles. The smallest absolute Gasteiger partial charge is 0.259 e. The van der Waals surface area contributed by atoms with Crippen molar-refractivity contribution in [3.05, 3.63) is 84.9 Å². The minimum absolute atomic E-state index is 0.618. The highest BCUT2D eigenvalue weighted by Crippen LogP contribution is 2.36. The molecular formula is C21H15N3O. The molecule has 0 bridgehead atoms. The predicted molar refractivity (Wildman–Crippen MR) is 101 cm³/mol. The second-order valence-electron chi connectivity index (χ2n) is 5.73. The van der Waals surface area contributed by atoms with Crippen LogP contribution in [-0.4, -0.2) is 6.03 Å². The fourth-order valence-corrected chi connectivity index (χ4v) is 3.19. The number of anilines is 2. The van der Waals surface area contributed by atoms with Crippen LogP contribution in [0.25, 0.3) is 21.5 Å². The van der Waals surface area contributed by atoms with Crippen LogP contribution in [0.15, 0.2) is 90.0 Å². The molecule has 0 atom stereocenters. The van der Waals surface area contributed by atoms with Crippen LogP contribution in [0, 0.1) is 5.53 Å². The lowest BCUT2D eigenvalue weighted by Crippen LogP contribution is -2.22. The van der Waals surface area contributed by atoms with E-state index in [1.807, 2.05) is 84.9 Å². The number of nitrogens with one attached hydrogen (secondary N) is 1. The first-order valence-electron chi connectivity index (χ1n) is 7.96. The van der Waals surface area contributed by atoms with Crippen molar-refractivity contribution in [1.29, 1.82) is 5.53 Å². The van der Waals surface area contributed by atoms with E-state index in [0.717, 1.165) is 32.9 Å². The van der Waals surface area contributed by atoms with Gasteiger partial charge in [-0.2, -0.15) is 5.53 Å². The van der Waals surface area contributed by atoms with Crippen molar-refractivity contribution in [1.82, 2.24) is 0 Å². The Morgan fingerprint density at radius 3 is 1.60 bits per heavy atom. The zero-order valence-electron chi connectivity index (χ0n) is 13.4. The molecule has 0 heterocycles. The average Bonchev–Trinajstić information content (AvgIpc) is 2.68. The van der Waals surface area contributed by atoms with Gasteiger partial charge in [-0.15, -0.1) is 0 Å². The quantitative estimate of drug-likeness (QED) is 0.433. The number of carbonyl (C=O) groups excluding carboxylic acids is 1. The number of nitrogens with zero attached hydrogens (tertiary/aromatic N) is 2. The van der Waals surface area contributed by atoms with E-state index in [2.05, 4.69) is 5.11 Å². The van der Waals surface area contributed by atoms with Gasteiger partial charge in [-0.05, 0) is 22.9 Å². The van der Waals surface area contributed by atoms with Crippen molar-refractivity contribution in [3.8, 4) is 0 Å². The van der Waals surface area contributed by atoms with Crippen molar-refractivity contribution >= 4 is 39.0 Å². The first kappa shape index (κ1) is 15.0. The molecule has 0 aliphatic rings. The molecule has 4 rings (SSSR count). The molecule has 0 radical (unpaired) electrons. The Morgan fingerprint density at radius 2 is 1.12 bits per heavy atom. The van der Waals surface area contributed by atoms with Crippen LogP contribution in [0.3, 0.4) is 0 Å². The van der Waals surface area contributed by atoms with Gasteiger partial charge in [-0.1, -0.05) is 77.9 Å². The Bertz CT molecular complexity index is 1010. The van der Waals surface area contributed by atoms with Crippen molar-refractivity contribution in [3.63, 3.8) is 0 Å². The van der Waals surface area contributed by atoms with Gasteiger partial charge in [0.25, 0.3) is 0 Å². The van der Waals surface area contributed by atoms with Gasteiger partial charge < -0.3 is 0 Å². The minimum Gasteiger partial charge on any atom is -0.259 e. The number of rotatable bonds is 2. The maximum atomic E-state index is 12.6. The number of hydrogen-bond donors (Lipinski definition) is 1. The highest BCUT2D eigenvalue weighted by molar-refractivity contribution is 6.12. The summed E-state index contributed by atoms with van der Waals surface area (Å²) in [6.07, 6.45) is 0. The zero-order chi connectivity index (χ0) is 17.2. The Kier molecular flexibility index (Phi) is 3.71. The molecule has 4 aromatic rings. The standard InChI is InChI=1S/C21H15N3O/c22-23-21(25)24(19-13-5-9-15-7-1-3-11-17(15)19)20-14-6-10-16-8-2-4-12-18(16)20/h1-14,22H. The highest BCUT2D eigenvalue weighted by atomic mass is 16.2. The summed E-state index contributed by atoms with van der Waals surface area (Å²) in [5, 5.41) is 7.13. The molecule has 4 heteroatoms. The Hall–Kier alpha value is -3.53. The largest absolute Gasteiger partial charge is 0.370 e. The number of amides is 2. The van der Waals surface area contributed by atoms with E-state index in [4.69, 9.17) is 5.53 Å². The summed E-state index contributed by atoms with van der Waals surface area (Å²) in [6.45, 7) is 0. The van der Waals surface area contributed by atoms with E-state index in [1.54, 1.807) is 0 Å². The van der Waals surface area contributed by atoms with E-state index >= 15 is 0 Å². The molecule has 4 aromatic carbocycles. The second kappa shape index (κ2) is 6.17. The topological polar surface area (TPSA) is 56.5 Å². The number of fused-ring (bicyclic) bond motifs is 2. The van der Waals surface area contributed by atoms with Crippen LogP contribution in [0.4, 0.5) is 16.2 Å². The molecule has 0 aromatic heterocycles. The third kappa shape index (κ3) is 2.54. The molecule has 0 saturated carbocycles. The lowest BCUT2D eigenvalue weighted by Gasteiger charge is -2.23. The average molecular weight is 325 g/mol. The van der Waals surface area contributed by atoms with Gasteiger partial charge >= 0.3 is 6.03 Å². The Balaban J connectivity index is 2.04. The van der Waals surface area contributed by atoms with Gasteiger partial charge in [0, 0.05) is 10.8 Å². The fourth-order valence-electron chi connectivity index (χ4n) is 3.19. The molecule has 0 unspecified atom stereocenters. The second-order valence-corrected chi connectivity index (χ2v) is 5.73. The third-order valence-corrected chi connectivity index (χ3v) is 4.30. The number of hydrogen-bond acceptors (Lipinski definition) is 2. The van der Waals surface area contributed by atoms with Gasteiger partial charge in [-0.25, -0.2) is 4.79 Å². The van der Waals surface area contributed by atoms with Crippen molar-refractivity contribution in [2.75, 3.05) is 4.90 Å². The molecular weight excluding hydrogens is 310 g/mol. The van der Waals surface area contributed by atoms with Crippen LogP contribution < -0.4 is 4.90 Å². The molecule has 0 aliphatic heterocycles. The molecule has 0 aliphatic carbocycles. The van der Waals surface area contributed by atoms with Gasteiger partial charge in [-0.3, -0.25) is 4.90 Å². The highest BCUT2D eigenvalue weighted by Gasteiger charge is 2.21. The lowest BCUT2D eigenvalue weighted by atomic mass is 10.0. The number of carbonyl (C=O) groups is 1. The summed E-state index contributed by atoms with van der Waals surface area (Å²) in [4.78, 5) is 14.1. The fraction of sp³-hybridized carbons (Fsp3) is 0. The summed E-state index contributed by atoms with van der Waals surface area (Å²) in [5.41, 5.74) is 8.72. The first-order valence-corrected chi connectivity index (χ1v) is 7.96. The Labute approximate surface area is 144 Å². The zero-order valence-corrected chi connectivity index (χ0v) is 13.4. The molecule has 0 spiro atoms. The predicted octanol–water partition coefficient (Wildman–Crippen LogP) is 6.28. The van der Waals surface area contributed by atoms with E-state index in [0.29, 0.717) is 0 Å². The SMILES string of the molecule is N=NC(=O)N(c1cccc2ccccc12)c1cccc2ccccc12. The van der Waals surface area contributed by atoms with E-state index in [1.165, 1.54) is 4.90 Å². The lowest BCUT2D eigenvalue weighted by molar-refractivity contribution is 0.254. The van der Waals surface area contributed by atoms with Crippen LogP contribution in [-0.2, 0) is 0 Å². The Morgan fingerprint density at radius 1 is 0.680 bits per heavy atom. The summed E-state index contributed by atoms with van der Waals surface area (Å²) in [6, 6.07) is 26.7. The first-order chi connectivity index (χ1) is 12.3. The van der Waals surface area contributed by atoms with Crippen molar-refractivity contribution in [2.24, 2.45) is 5.11 Å². The van der Waals surface area contributed by atoms with Gasteiger partial charge in [0.2, 0.25) is 0 Å². The maximum absolute atomic E-state index is 12.6. The normalized spacial score (nSPS) is 10.7. The molecule has 120 valence electrons. The molecule has 25 heavy (non-hydrogen) atoms. The molecule has 2 amide bonds. The number of urea groups is 1. The van der Waals surface area contributed by atoms with Crippen molar-refractivity contribution in [2.45, 2.75) is 0 Å². The molecule has 4 nitrogen and oxygen atoms in total. The minimum atomic E-state index is -0.618. The summed E-state index contributed by atoms with van der Waals surface area (Å²) in [5.74, 6) is 0. The summed E-state index contributed by atoms with van der Waals surface area (Å²) < 4.78 is 0. The van der Waals surface area contributed by atoms with Crippen molar-refractivity contribution < 1.29 is 4.79 Å². The maximum Gasteiger partial charge on any atom is 0.370 e. The molecule has 0 fully saturated rings. The monoisotopic (exact) mass is 325 g/mol. The van der Waals surface area contributed by atoms with E-state index in [-0.39, 0.29) is 0 Å². The van der Waals surface area contributed by atoms with E-state index < -0.39 is 6.03 Å². The van der Waals surface area contributed by atoms with Crippen LogP contribution in [0.1, 0.15) is 0 Å². The molecule has 1 N–H and O–H groups in total. The third-order valence-electron chi connectivity index (χ3n) is 4.30. The van der Waals surface area contributed by atoms with Crippen LogP contribution in [0.5, 0.6) is 0 Å². The van der Waals surface area contributed by atoms with E-state index in [9.17, 15) is 4.79 Å². The van der Waals surface area contributed by atoms with Gasteiger partial charge in [0.05, 0.1) is 11.4 Å².